The first-order valence-corrected chi connectivity index (χ1v) is 9.81. The fraction of sp³-hybridized carbons (Fsp3) is 0.182. The van der Waals surface area contributed by atoms with E-state index in [2.05, 4.69) is 34.2 Å². The zero-order valence-corrected chi connectivity index (χ0v) is 18.5. The molecular formula is C22H20INO5. The summed E-state index contributed by atoms with van der Waals surface area (Å²) in [5.41, 5.74) is 2.56. The van der Waals surface area contributed by atoms with Gasteiger partial charge in [-0.15, -0.1) is 0 Å². The van der Waals surface area contributed by atoms with E-state index in [1.54, 1.807) is 50.6 Å². The maximum atomic E-state index is 12.3. The van der Waals surface area contributed by atoms with Gasteiger partial charge in [-0.1, -0.05) is 6.58 Å². The van der Waals surface area contributed by atoms with Crippen LogP contribution in [0.25, 0.3) is 6.08 Å². The highest BCUT2D eigenvalue weighted by atomic mass is 127. The summed E-state index contributed by atoms with van der Waals surface area (Å²) in [5, 5.41) is 0. The SMILES string of the molecule is C=C(C)COc1c(I)cc(/C=C2/N=C(c3ccc(OC)cc3)OC2=O)cc1OC. The first-order chi connectivity index (χ1) is 13.9. The molecule has 3 rings (SSSR count). The molecule has 0 amide bonds. The minimum absolute atomic E-state index is 0.212. The molecule has 2 aromatic carbocycles. The predicted octanol–water partition coefficient (Wildman–Crippen LogP) is 4.61. The van der Waals surface area contributed by atoms with Crippen LogP contribution in [0, 0.1) is 3.57 Å². The van der Waals surface area contributed by atoms with Crippen LogP contribution in [0.1, 0.15) is 18.1 Å². The highest BCUT2D eigenvalue weighted by Gasteiger charge is 2.24. The largest absolute Gasteiger partial charge is 0.497 e. The number of hydrogen-bond donors (Lipinski definition) is 0. The van der Waals surface area contributed by atoms with E-state index in [0.717, 1.165) is 14.7 Å². The van der Waals surface area contributed by atoms with Crippen molar-refractivity contribution in [3.05, 3.63) is 68.9 Å². The van der Waals surface area contributed by atoms with Crippen molar-refractivity contribution in [1.29, 1.82) is 0 Å². The summed E-state index contributed by atoms with van der Waals surface area (Å²) < 4.78 is 22.5. The Hall–Kier alpha value is -2.81. The van der Waals surface area contributed by atoms with Crippen molar-refractivity contribution in [2.75, 3.05) is 20.8 Å². The highest BCUT2D eigenvalue weighted by Crippen LogP contribution is 2.35. The van der Waals surface area contributed by atoms with Crippen LogP contribution in [-0.4, -0.2) is 32.7 Å². The molecule has 0 saturated carbocycles. The number of carbonyl (C=O) groups excluding carboxylic acids is 1. The summed E-state index contributed by atoms with van der Waals surface area (Å²) >= 11 is 2.17. The lowest BCUT2D eigenvalue weighted by molar-refractivity contribution is -0.129. The van der Waals surface area contributed by atoms with Crippen LogP contribution < -0.4 is 14.2 Å². The quantitative estimate of drug-likeness (QED) is 0.238. The molecule has 0 spiro atoms. The van der Waals surface area contributed by atoms with Crippen molar-refractivity contribution in [3.8, 4) is 17.2 Å². The van der Waals surface area contributed by atoms with E-state index in [1.165, 1.54) is 0 Å². The summed E-state index contributed by atoms with van der Waals surface area (Å²) in [7, 11) is 3.16. The standard InChI is InChI=1S/C22H20INO5/c1-13(2)12-28-20-17(23)9-14(11-19(20)27-4)10-18-22(25)29-21(24-18)15-5-7-16(26-3)8-6-15/h5-11H,1,12H2,2-4H3/b18-10+. The average molecular weight is 505 g/mol. The third-order valence-corrected chi connectivity index (χ3v) is 4.78. The van der Waals surface area contributed by atoms with Crippen molar-refractivity contribution in [1.82, 2.24) is 0 Å². The number of benzene rings is 2. The van der Waals surface area contributed by atoms with Crippen LogP contribution in [0.3, 0.4) is 0 Å². The minimum atomic E-state index is -0.507. The molecule has 0 aromatic heterocycles. The molecule has 1 heterocycles. The molecule has 6 nitrogen and oxygen atoms in total. The van der Waals surface area contributed by atoms with Gasteiger partial charge >= 0.3 is 5.97 Å². The Bertz CT molecular complexity index is 1010. The maximum Gasteiger partial charge on any atom is 0.363 e. The van der Waals surface area contributed by atoms with E-state index in [9.17, 15) is 4.79 Å². The van der Waals surface area contributed by atoms with Gasteiger partial charge in [0.05, 0.1) is 17.8 Å². The van der Waals surface area contributed by atoms with Crippen LogP contribution in [0.4, 0.5) is 0 Å². The summed E-state index contributed by atoms with van der Waals surface area (Å²) in [6.07, 6.45) is 1.66. The fourth-order valence-electron chi connectivity index (χ4n) is 2.58. The van der Waals surface area contributed by atoms with Crippen molar-refractivity contribution < 1.29 is 23.7 Å². The van der Waals surface area contributed by atoms with Gasteiger partial charge in [-0.3, -0.25) is 0 Å². The van der Waals surface area contributed by atoms with E-state index < -0.39 is 5.97 Å². The molecule has 7 heteroatoms. The first kappa shape index (κ1) is 20.9. The summed E-state index contributed by atoms with van der Waals surface area (Å²) in [6.45, 7) is 6.13. The zero-order chi connectivity index (χ0) is 21.0. The number of esters is 1. The van der Waals surface area contributed by atoms with E-state index in [0.29, 0.717) is 29.4 Å². The van der Waals surface area contributed by atoms with Crippen LogP contribution in [0.2, 0.25) is 0 Å². The van der Waals surface area contributed by atoms with Gasteiger partial charge in [0.2, 0.25) is 5.90 Å². The molecule has 0 bridgehead atoms. The van der Waals surface area contributed by atoms with Crippen LogP contribution in [-0.2, 0) is 9.53 Å². The van der Waals surface area contributed by atoms with E-state index in [-0.39, 0.29) is 11.6 Å². The van der Waals surface area contributed by atoms with Gasteiger partial charge < -0.3 is 18.9 Å². The van der Waals surface area contributed by atoms with Gasteiger partial charge in [-0.2, -0.15) is 0 Å². The fourth-order valence-corrected chi connectivity index (χ4v) is 3.36. The smallest absolute Gasteiger partial charge is 0.363 e. The molecule has 1 aliphatic rings. The molecule has 0 saturated heterocycles. The maximum absolute atomic E-state index is 12.3. The van der Waals surface area contributed by atoms with E-state index in [1.807, 2.05) is 13.0 Å². The number of cyclic esters (lactones) is 1. The number of carbonyl (C=O) groups is 1. The zero-order valence-electron chi connectivity index (χ0n) is 16.3. The number of aliphatic imine (C=N–C) groups is 1. The van der Waals surface area contributed by atoms with Gasteiger partial charge in [0.1, 0.15) is 12.4 Å². The number of methoxy groups -OCH3 is 2. The van der Waals surface area contributed by atoms with Crippen LogP contribution in [0.15, 0.2) is 59.2 Å². The number of rotatable bonds is 7. The Balaban J connectivity index is 1.90. The third-order valence-electron chi connectivity index (χ3n) is 3.98. The Morgan fingerprint density at radius 2 is 1.93 bits per heavy atom. The van der Waals surface area contributed by atoms with Crippen LogP contribution in [0.5, 0.6) is 17.2 Å². The monoisotopic (exact) mass is 505 g/mol. The lowest BCUT2D eigenvalue weighted by atomic mass is 10.1. The van der Waals surface area contributed by atoms with Gasteiger partial charge in [0, 0.05) is 5.56 Å². The average Bonchev–Trinajstić information content (AvgIpc) is 3.07. The van der Waals surface area contributed by atoms with E-state index in [4.69, 9.17) is 18.9 Å². The lowest BCUT2D eigenvalue weighted by Gasteiger charge is -2.13. The number of nitrogens with zero attached hydrogens (tertiary/aromatic N) is 1. The number of ether oxygens (including phenoxy) is 4. The minimum Gasteiger partial charge on any atom is -0.497 e. The molecular weight excluding hydrogens is 485 g/mol. The Labute approximate surface area is 183 Å². The molecule has 0 N–H and O–H groups in total. The van der Waals surface area contributed by atoms with Crippen molar-refractivity contribution in [2.24, 2.45) is 4.99 Å². The summed E-state index contributed by atoms with van der Waals surface area (Å²) in [4.78, 5) is 16.6. The number of halogens is 1. The molecule has 2 aromatic rings. The normalized spacial score (nSPS) is 14.4. The van der Waals surface area contributed by atoms with Gasteiger partial charge in [0.15, 0.2) is 17.2 Å². The van der Waals surface area contributed by atoms with Crippen molar-refractivity contribution >= 4 is 40.5 Å². The van der Waals surface area contributed by atoms with Gasteiger partial charge in [-0.25, -0.2) is 9.79 Å². The predicted molar refractivity (Wildman–Crippen MR) is 120 cm³/mol. The van der Waals surface area contributed by atoms with E-state index >= 15 is 0 Å². The molecule has 0 radical (unpaired) electrons. The summed E-state index contributed by atoms with van der Waals surface area (Å²) in [6, 6.07) is 10.8. The Kier molecular flexibility index (Phi) is 6.58. The van der Waals surface area contributed by atoms with Gasteiger partial charge in [0.25, 0.3) is 0 Å². The highest BCUT2D eigenvalue weighted by molar-refractivity contribution is 14.1. The Morgan fingerprint density at radius 1 is 1.21 bits per heavy atom. The second-order valence-electron chi connectivity index (χ2n) is 6.34. The topological polar surface area (TPSA) is 66.3 Å². The van der Waals surface area contributed by atoms with Crippen LogP contribution >= 0.6 is 22.6 Å². The molecule has 1 aliphatic heterocycles. The molecule has 29 heavy (non-hydrogen) atoms. The molecule has 0 fully saturated rings. The third kappa shape index (κ3) is 4.97. The second kappa shape index (κ2) is 9.13. The van der Waals surface area contributed by atoms with Crippen molar-refractivity contribution in [3.63, 3.8) is 0 Å². The molecule has 0 atom stereocenters. The van der Waals surface area contributed by atoms with Gasteiger partial charge in [-0.05, 0) is 83.1 Å². The molecule has 0 unspecified atom stereocenters. The first-order valence-electron chi connectivity index (χ1n) is 8.73. The molecule has 0 aliphatic carbocycles. The lowest BCUT2D eigenvalue weighted by Crippen LogP contribution is -2.05. The second-order valence-corrected chi connectivity index (χ2v) is 7.51. The Morgan fingerprint density at radius 3 is 2.55 bits per heavy atom. The van der Waals surface area contributed by atoms with Crippen molar-refractivity contribution in [2.45, 2.75) is 6.92 Å². The summed E-state index contributed by atoms with van der Waals surface area (Å²) in [5.74, 6) is 1.66. The number of hydrogen-bond acceptors (Lipinski definition) is 6. The molecule has 150 valence electrons.